The van der Waals surface area contributed by atoms with Crippen molar-refractivity contribution in [3.8, 4) is 0 Å². The number of carbonyl (C=O) groups is 1. The summed E-state index contributed by atoms with van der Waals surface area (Å²) >= 11 is 0. The van der Waals surface area contributed by atoms with Crippen LogP contribution in [-0.4, -0.2) is 40.9 Å². The maximum atomic E-state index is 14.8. The van der Waals surface area contributed by atoms with Crippen LogP contribution in [0.3, 0.4) is 0 Å². The Hall–Kier alpha value is -3.91. The van der Waals surface area contributed by atoms with Crippen LogP contribution < -0.4 is 11.1 Å². The standard InChI is InChI=1S/C25H22F2N4O2/c26-17-9-7-15(8-10-17)16-11-22(29-13-16)24-20(4-2-5-21(24)27)25(33)31-19(14-32)12-18-3-1-6-23(28)30-18/h1-11,19,32H,12-14H2,(H2,28,30)(H,31,33)/t19-/m1/s1. The molecule has 1 atom stereocenters. The first-order chi connectivity index (χ1) is 15.9. The van der Waals surface area contributed by atoms with Crippen molar-refractivity contribution in [3.05, 3.63) is 101 Å². The molecule has 4 rings (SSSR count). The minimum absolute atomic E-state index is 0.0749. The second kappa shape index (κ2) is 9.70. The molecule has 1 aliphatic rings. The van der Waals surface area contributed by atoms with E-state index in [9.17, 15) is 18.7 Å². The van der Waals surface area contributed by atoms with Crippen LogP contribution in [0.15, 0.2) is 71.7 Å². The molecule has 33 heavy (non-hydrogen) atoms. The number of halogens is 2. The summed E-state index contributed by atoms with van der Waals surface area (Å²) in [5.41, 5.74) is 8.38. The van der Waals surface area contributed by atoms with Gasteiger partial charge in [0.05, 0.1) is 30.5 Å². The van der Waals surface area contributed by atoms with Gasteiger partial charge in [-0.25, -0.2) is 13.8 Å². The summed E-state index contributed by atoms with van der Waals surface area (Å²) in [4.78, 5) is 21.6. The number of hydrogen-bond donors (Lipinski definition) is 3. The zero-order valence-corrected chi connectivity index (χ0v) is 17.6. The number of nitrogens with two attached hydrogens (primary N) is 1. The largest absolute Gasteiger partial charge is 0.394 e. The number of allylic oxidation sites excluding steroid dienone is 1. The summed E-state index contributed by atoms with van der Waals surface area (Å²) in [5.74, 6) is -1.14. The smallest absolute Gasteiger partial charge is 0.252 e. The van der Waals surface area contributed by atoms with Gasteiger partial charge in [-0.15, -0.1) is 0 Å². The summed E-state index contributed by atoms with van der Waals surface area (Å²) in [5, 5.41) is 12.5. The van der Waals surface area contributed by atoms with Crippen LogP contribution >= 0.6 is 0 Å². The summed E-state index contributed by atoms with van der Waals surface area (Å²) in [7, 11) is 0. The Morgan fingerprint density at radius 3 is 2.58 bits per heavy atom. The van der Waals surface area contributed by atoms with Gasteiger partial charge in [0.15, 0.2) is 0 Å². The number of aliphatic imine (C=N–C) groups is 1. The van der Waals surface area contributed by atoms with E-state index in [4.69, 9.17) is 5.73 Å². The average molecular weight is 448 g/mol. The minimum atomic E-state index is -0.640. The summed E-state index contributed by atoms with van der Waals surface area (Å²) in [6.07, 6.45) is 1.95. The molecule has 2 heterocycles. The van der Waals surface area contributed by atoms with Crippen molar-refractivity contribution in [3.63, 3.8) is 0 Å². The van der Waals surface area contributed by atoms with Crippen molar-refractivity contribution in [1.29, 1.82) is 0 Å². The Morgan fingerprint density at radius 1 is 1.09 bits per heavy atom. The predicted molar refractivity (Wildman–Crippen MR) is 123 cm³/mol. The molecule has 1 aromatic heterocycles. The second-order valence-electron chi connectivity index (χ2n) is 7.65. The molecule has 6 nitrogen and oxygen atoms in total. The topological polar surface area (TPSA) is 101 Å². The molecule has 0 bridgehead atoms. The third-order valence-electron chi connectivity index (χ3n) is 5.30. The molecule has 0 radical (unpaired) electrons. The number of rotatable bonds is 7. The molecule has 0 saturated carbocycles. The lowest BCUT2D eigenvalue weighted by molar-refractivity contribution is 0.0915. The van der Waals surface area contributed by atoms with Crippen LogP contribution in [0, 0.1) is 11.6 Å². The SMILES string of the molecule is Nc1cccc(C[C@H](CO)NC(=O)c2cccc(F)c2C2=NCC(c3ccc(F)cc3)=C2)n1. The highest BCUT2D eigenvalue weighted by molar-refractivity contribution is 6.19. The van der Waals surface area contributed by atoms with Crippen LogP contribution in [0.1, 0.15) is 27.2 Å². The molecule has 8 heteroatoms. The van der Waals surface area contributed by atoms with Gasteiger partial charge in [0, 0.05) is 17.7 Å². The van der Waals surface area contributed by atoms with E-state index in [1.807, 2.05) is 0 Å². The Balaban J connectivity index is 1.57. The molecule has 0 saturated heterocycles. The Kier molecular flexibility index (Phi) is 6.55. The molecule has 3 aromatic rings. The lowest BCUT2D eigenvalue weighted by Gasteiger charge is -2.17. The van der Waals surface area contributed by atoms with Crippen LogP contribution in [0.2, 0.25) is 0 Å². The summed E-state index contributed by atoms with van der Waals surface area (Å²) in [6.45, 7) is -0.0425. The fraction of sp³-hybridized carbons (Fsp3) is 0.160. The Labute approximate surface area is 189 Å². The maximum Gasteiger partial charge on any atom is 0.252 e. The van der Waals surface area contributed by atoms with Crippen LogP contribution in [0.4, 0.5) is 14.6 Å². The molecular weight excluding hydrogens is 426 g/mol. The zero-order valence-electron chi connectivity index (χ0n) is 17.6. The van der Waals surface area contributed by atoms with Crippen LogP contribution in [0.5, 0.6) is 0 Å². The Morgan fingerprint density at radius 2 is 1.85 bits per heavy atom. The third-order valence-corrected chi connectivity index (χ3v) is 5.30. The van der Waals surface area contributed by atoms with E-state index in [1.165, 1.54) is 30.3 Å². The van der Waals surface area contributed by atoms with E-state index in [2.05, 4.69) is 15.3 Å². The van der Waals surface area contributed by atoms with Gasteiger partial charge in [0.2, 0.25) is 0 Å². The normalized spacial score (nSPS) is 13.9. The molecule has 0 fully saturated rings. The summed E-state index contributed by atoms with van der Waals surface area (Å²) < 4.78 is 28.1. The third kappa shape index (κ3) is 5.12. The van der Waals surface area contributed by atoms with E-state index in [0.717, 1.165) is 11.1 Å². The van der Waals surface area contributed by atoms with E-state index in [-0.39, 0.29) is 36.5 Å². The van der Waals surface area contributed by atoms with Gasteiger partial charge in [-0.2, -0.15) is 0 Å². The molecule has 0 spiro atoms. The molecule has 0 aliphatic carbocycles. The van der Waals surface area contributed by atoms with Crippen LogP contribution in [0.25, 0.3) is 5.57 Å². The fourth-order valence-electron chi connectivity index (χ4n) is 3.68. The number of nitrogens with one attached hydrogen (secondary N) is 1. The molecule has 1 amide bonds. The minimum Gasteiger partial charge on any atom is -0.394 e. The first-order valence-corrected chi connectivity index (χ1v) is 10.4. The van der Waals surface area contributed by atoms with E-state index in [0.29, 0.717) is 17.2 Å². The van der Waals surface area contributed by atoms with Crippen LogP contribution in [-0.2, 0) is 6.42 Å². The zero-order chi connectivity index (χ0) is 23.4. The predicted octanol–water partition coefficient (Wildman–Crippen LogP) is 3.16. The number of nitrogens with zero attached hydrogens (tertiary/aromatic N) is 2. The number of aliphatic hydroxyl groups is 1. The van der Waals surface area contributed by atoms with Crippen molar-refractivity contribution in [2.24, 2.45) is 4.99 Å². The lowest BCUT2D eigenvalue weighted by atomic mass is 9.99. The van der Waals surface area contributed by atoms with Gasteiger partial charge < -0.3 is 16.2 Å². The number of hydrogen-bond acceptors (Lipinski definition) is 5. The molecule has 2 aromatic carbocycles. The number of carbonyl (C=O) groups excluding carboxylic acids is 1. The number of anilines is 1. The number of benzene rings is 2. The van der Waals surface area contributed by atoms with Crippen molar-refractivity contribution < 1.29 is 18.7 Å². The van der Waals surface area contributed by atoms with Crippen molar-refractivity contribution in [2.75, 3.05) is 18.9 Å². The monoisotopic (exact) mass is 448 g/mol. The summed E-state index contributed by atoms with van der Waals surface area (Å²) in [6, 6.07) is 14.7. The Bertz CT molecular complexity index is 1240. The number of aromatic nitrogens is 1. The number of aliphatic hydroxyl groups excluding tert-OH is 1. The molecule has 168 valence electrons. The first kappa shape index (κ1) is 22.3. The van der Waals surface area contributed by atoms with Gasteiger partial charge in [0.25, 0.3) is 5.91 Å². The average Bonchev–Trinajstić information content (AvgIpc) is 3.28. The molecule has 1 aliphatic heterocycles. The van der Waals surface area contributed by atoms with E-state index in [1.54, 1.807) is 36.4 Å². The van der Waals surface area contributed by atoms with Crippen molar-refractivity contribution in [2.45, 2.75) is 12.5 Å². The van der Waals surface area contributed by atoms with Crippen molar-refractivity contribution in [1.82, 2.24) is 10.3 Å². The van der Waals surface area contributed by atoms with E-state index < -0.39 is 17.8 Å². The fourth-order valence-corrected chi connectivity index (χ4v) is 3.68. The number of amides is 1. The van der Waals surface area contributed by atoms with Gasteiger partial charge in [-0.3, -0.25) is 9.79 Å². The maximum absolute atomic E-state index is 14.8. The van der Waals surface area contributed by atoms with Gasteiger partial charge in [-0.1, -0.05) is 24.3 Å². The highest BCUT2D eigenvalue weighted by atomic mass is 19.1. The number of pyridine rings is 1. The van der Waals surface area contributed by atoms with Crippen molar-refractivity contribution >= 4 is 23.0 Å². The molecular formula is C25H22F2N4O2. The number of nitrogen functional groups attached to an aromatic ring is 1. The molecule has 0 unspecified atom stereocenters. The quantitative estimate of drug-likeness (QED) is 0.517. The first-order valence-electron chi connectivity index (χ1n) is 10.4. The molecule has 4 N–H and O–H groups in total. The highest BCUT2D eigenvalue weighted by Crippen LogP contribution is 2.25. The van der Waals surface area contributed by atoms with E-state index >= 15 is 0 Å². The highest BCUT2D eigenvalue weighted by Gasteiger charge is 2.23. The van der Waals surface area contributed by atoms with Gasteiger partial charge in [0.1, 0.15) is 17.5 Å². The lowest BCUT2D eigenvalue weighted by Crippen LogP contribution is -2.40. The van der Waals surface area contributed by atoms with Gasteiger partial charge >= 0.3 is 0 Å². The second-order valence-corrected chi connectivity index (χ2v) is 7.65. The van der Waals surface area contributed by atoms with Gasteiger partial charge in [-0.05, 0) is 53.6 Å².